The van der Waals surface area contributed by atoms with Crippen molar-refractivity contribution in [3.8, 4) is 0 Å². The number of nitrogens with two attached hydrogens (primary N) is 2. The minimum Gasteiger partial charge on any atom is -0.480 e. The Morgan fingerprint density at radius 1 is 0.862 bits per heavy atom. The second-order valence-corrected chi connectivity index (χ2v) is 6.95. The maximum absolute atomic E-state index is 12.7. The zero-order valence-corrected chi connectivity index (χ0v) is 16.8. The van der Waals surface area contributed by atoms with Crippen LogP contribution in [0.4, 0.5) is 0 Å². The highest BCUT2D eigenvalue weighted by Crippen LogP contribution is 2.06. The molecule has 0 radical (unpaired) electrons. The normalized spacial score (nSPS) is 15.1. The van der Waals surface area contributed by atoms with Crippen molar-refractivity contribution in [2.75, 3.05) is 19.8 Å². The topological polar surface area (TPSA) is 217 Å². The highest BCUT2D eigenvalue weighted by molar-refractivity contribution is 5.94. The van der Waals surface area contributed by atoms with E-state index in [-0.39, 0.29) is 12.3 Å². The number of aliphatic hydroxyl groups is 2. The summed E-state index contributed by atoms with van der Waals surface area (Å²) >= 11 is 0. The average molecular weight is 419 g/mol. The summed E-state index contributed by atoms with van der Waals surface area (Å²) < 4.78 is 0. The van der Waals surface area contributed by atoms with Crippen LogP contribution in [0.3, 0.4) is 0 Å². The van der Waals surface area contributed by atoms with Crippen LogP contribution in [0.15, 0.2) is 0 Å². The number of aliphatic hydroxyl groups excluding tert-OH is 2. The van der Waals surface area contributed by atoms with Gasteiger partial charge in [0.1, 0.15) is 24.2 Å². The SMILES string of the molecule is CC(C)C(NC(=O)C(N)CO)C(=O)NC(CCCCN)C(=O)NC(CO)C(=O)O. The Hall–Kier alpha value is -2.28. The lowest BCUT2D eigenvalue weighted by Gasteiger charge is -2.26. The summed E-state index contributed by atoms with van der Waals surface area (Å²) in [6.45, 7) is 2.31. The van der Waals surface area contributed by atoms with Crippen molar-refractivity contribution in [2.24, 2.45) is 17.4 Å². The van der Waals surface area contributed by atoms with Crippen LogP contribution in [0, 0.1) is 5.92 Å². The predicted octanol–water partition coefficient (Wildman–Crippen LogP) is -3.38. The first-order chi connectivity index (χ1) is 13.6. The zero-order valence-electron chi connectivity index (χ0n) is 16.8. The van der Waals surface area contributed by atoms with Crippen molar-refractivity contribution in [3.63, 3.8) is 0 Å². The molecule has 4 atom stereocenters. The molecular weight excluding hydrogens is 386 g/mol. The van der Waals surface area contributed by atoms with Crippen LogP contribution in [-0.2, 0) is 19.2 Å². The van der Waals surface area contributed by atoms with Crippen molar-refractivity contribution < 1.29 is 34.5 Å². The third-order valence-electron chi connectivity index (χ3n) is 4.16. The van der Waals surface area contributed by atoms with Crippen molar-refractivity contribution in [2.45, 2.75) is 57.3 Å². The van der Waals surface area contributed by atoms with Gasteiger partial charge in [0.15, 0.2) is 0 Å². The van der Waals surface area contributed by atoms with Crippen LogP contribution in [0.1, 0.15) is 33.1 Å². The predicted molar refractivity (Wildman–Crippen MR) is 103 cm³/mol. The Kier molecular flexibility index (Phi) is 12.7. The summed E-state index contributed by atoms with van der Waals surface area (Å²) in [6.07, 6.45) is 1.25. The molecule has 0 aliphatic carbocycles. The Morgan fingerprint density at radius 3 is 1.90 bits per heavy atom. The number of unbranched alkanes of at least 4 members (excludes halogenated alkanes) is 1. The van der Waals surface area contributed by atoms with Gasteiger partial charge in [-0.15, -0.1) is 0 Å². The van der Waals surface area contributed by atoms with E-state index < -0.39 is 61.1 Å². The number of aliphatic carboxylic acids is 1. The number of hydrogen-bond acceptors (Lipinski definition) is 8. The van der Waals surface area contributed by atoms with E-state index in [4.69, 9.17) is 26.8 Å². The monoisotopic (exact) mass is 419 g/mol. The van der Waals surface area contributed by atoms with E-state index in [1.54, 1.807) is 13.8 Å². The van der Waals surface area contributed by atoms with Crippen LogP contribution in [0.5, 0.6) is 0 Å². The van der Waals surface area contributed by atoms with Crippen LogP contribution in [0.2, 0.25) is 0 Å². The van der Waals surface area contributed by atoms with Crippen molar-refractivity contribution in [1.29, 1.82) is 0 Å². The van der Waals surface area contributed by atoms with Gasteiger partial charge in [-0.05, 0) is 31.7 Å². The number of carbonyl (C=O) groups is 4. The van der Waals surface area contributed by atoms with Crippen LogP contribution in [0.25, 0.3) is 0 Å². The fourth-order valence-electron chi connectivity index (χ4n) is 2.36. The lowest BCUT2D eigenvalue weighted by atomic mass is 10.0. The van der Waals surface area contributed by atoms with Crippen LogP contribution < -0.4 is 27.4 Å². The van der Waals surface area contributed by atoms with Gasteiger partial charge >= 0.3 is 5.97 Å². The summed E-state index contributed by atoms with van der Waals surface area (Å²) in [4.78, 5) is 48.1. The summed E-state index contributed by atoms with van der Waals surface area (Å²) in [5, 5.41) is 34.1. The Morgan fingerprint density at radius 2 is 1.45 bits per heavy atom. The molecule has 0 fully saturated rings. The van der Waals surface area contributed by atoms with E-state index in [0.717, 1.165) is 0 Å². The first-order valence-corrected chi connectivity index (χ1v) is 9.40. The van der Waals surface area contributed by atoms with Gasteiger partial charge in [0, 0.05) is 0 Å². The number of carbonyl (C=O) groups excluding carboxylic acids is 3. The van der Waals surface area contributed by atoms with E-state index in [0.29, 0.717) is 19.4 Å². The minimum absolute atomic E-state index is 0.182. The van der Waals surface area contributed by atoms with E-state index in [1.807, 2.05) is 0 Å². The molecule has 0 spiro atoms. The third-order valence-corrected chi connectivity index (χ3v) is 4.16. The second-order valence-electron chi connectivity index (χ2n) is 6.95. The average Bonchev–Trinajstić information content (AvgIpc) is 2.67. The molecule has 4 unspecified atom stereocenters. The number of carboxylic acids is 1. The van der Waals surface area contributed by atoms with Gasteiger partial charge in [0.2, 0.25) is 17.7 Å². The summed E-state index contributed by atoms with van der Waals surface area (Å²) in [6, 6.07) is -4.83. The zero-order chi connectivity index (χ0) is 22.6. The molecule has 0 aromatic rings. The summed E-state index contributed by atoms with van der Waals surface area (Å²) in [5.74, 6) is -3.95. The number of rotatable bonds is 14. The molecule has 0 aromatic carbocycles. The largest absolute Gasteiger partial charge is 0.480 e. The van der Waals surface area contributed by atoms with Crippen LogP contribution in [-0.4, -0.2) is 82.9 Å². The lowest BCUT2D eigenvalue weighted by Crippen LogP contribution is -2.59. The quantitative estimate of drug-likeness (QED) is 0.131. The fraction of sp³-hybridized carbons (Fsp3) is 0.765. The molecule has 12 heteroatoms. The van der Waals surface area contributed by atoms with Crippen molar-refractivity contribution in [3.05, 3.63) is 0 Å². The Bertz CT molecular complexity index is 558. The minimum atomic E-state index is -1.51. The third kappa shape index (κ3) is 9.65. The molecule has 3 amide bonds. The highest BCUT2D eigenvalue weighted by atomic mass is 16.4. The lowest BCUT2D eigenvalue weighted by molar-refractivity contribution is -0.143. The molecule has 0 saturated heterocycles. The Balaban J connectivity index is 5.29. The Labute approximate surface area is 169 Å². The van der Waals surface area contributed by atoms with E-state index in [9.17, 15) is 19.2 Å². The number of hydrogen-bond donors (Lipinski definition) is 8. The molecule has 0 saturated carbocycles. The molecular formula is C17H33N5O7. The van der Waals surface area contributed by atoms with Gasteiger partial charge < -0.3 is 42.7 Å². The van der Waals surface area contributed by atoms with Gasteiger partial charge in [0.25, 0.3) is 0 Å². The molecule has 0 bridgehead atoms. The van der Waals surface area contributed by atoms with E-state index >= 15 is 0 Å². The second kappa shape index (κ2) is 13.8. The van der Waals surface area contributed by atoms with Gasteiger partial charge in [-0.1, -0.05) is 13.8 Å². The maximum Gasteiger partial charge on any atom is 0.328 e. The fourth-order valence-corrected chi connectivity index (χ4v) is 2.36. The molecule has 0 aliphatic rings. The first kappa shape index (κ1) is 26.7. The van der Waals surface area contributed by atoms with Gasteiger partial charge in [-0.25, -0.2) is 4.79 Å². The summed E-state index contributed by atoms with van der Waals surface area (Å²) in [5.41, 5.74) is 10.9. The van der Waals surface area contributed by atoms with E-state index in [2.05, 4.69) is 16.0 Å². The maximum atomic E-state index is 12.7. The standard InChI is InChI=1S/C17H33N5O7/c1-9(2)13(22-14(25)10(19)7-23)16(27)20-11(5-3-4-6-18)15(26)21-12(8-24)17(28)29/h9-13,23-24H,3-8,18-19H2,1-2H3,(H,20,27)(H,21,26)(H,22,25)(H,28,29). The molecule has 10 N–H and O–H groups in total. The van der Waals surface area contributed by atoms with Crippen molar-refractivity contribution >= 4 is 23.7 Å². The molecule has 168 valence electrons. The molecule has 0 heterocycles. The first-order valence-electron chi connectivity index (χ1n) is 9.40. The molecule has 12 nitrogen and oxygen atoms in total. The number of nitrogens with one attached hydrogen (secondary N) is 3. The van der Waals surface area contributed by atoms with Gasteiger partial charge in [-0.3, -0.25) is 14.4 Å². The molecule has 0 aromatic heterocycles. The van der Waals surface area contributed by atoms with Crippen molar-refractivity contribution in [1.82, 2.24) is 16.0 Å². The number of amides is 3. The molecule has 0 aliphatic heterocycles. The van der Waals surface area contributed by atoms with Gasteiger partial charge in [-0.2, -0.15) is 0 Å². The van der Waals surface area contributed by atoms with Gasteiger partial charge in [0.05, 0.1) is 13.2 Å². The molecule has 29 heavy (non-hydrogen) atoms. The molecule has 0 rings (SSSR count). The van der Waals surface area contributed by atoms with E-state index in [1.165, 1.54) is 0 Å². The summed E-state index contributed by atoms with van der Waals surface area (Å²) in [7, 11) is 0. The smallest absolute Gasteiger partial charge is 0.328 e. The number of carboxylic acid groups (broad SMARTS) is 1. The van der Waals surface area contributed by atoms with Crippen LogP contribution >= 0.6 is 0 Å². The highest BCUT2D eigenvalue weighted by Gasteiger charge is 2.31.